The van der Waals surface area contributed by atoms with Crippen molar-refractivity contribution in [1.82, 2.24) is 5.32 Å². The Hall–Kier alpha value is -0.780. The van der Waals surface area contributed by atoms with Gasteiger partial charge in [0.05, 0.1) is 6.10 Å². The molecule has 3 nitrogen and oxygen atoms in total. The molecule has 0 heterocycles. The van der Waals surface area contributed by atoms with Crippen LogP contribution in [0, 0.1) is 0 Å². The molecule has 78 valence electrons. The average Bonchev–Trinajstić information content (AvgIpc) is 2.04. The van der Waals surface area contributed by atoms with Gasteiger partial charge in [0.15, 0.2) is 0 Å². The number of rotatable bonds is 4. The number of methoxy groups -OCH3 is 1. The van der Waals surface area contributed by atoms with E-state index in [9.17, 15) is 18.0 Å². The van der Waals surface area contributed by atoms with E-state index in [0.29, 0.717) is 6.42 Å². The lowest BCUT2D eigenvalue weighted by atomic mass is 10.3. The maximum Gasteiger partial charge on any atom is 0.471 e. The number of hydrogen-bond donors (Lipinski definition) is 1. The smallest absolute Gasteiger partial charge is 0.380 e. The monoisotopic (exact) mass is 199 g/mol. The van der Waals surface area contributed by atoms with Gasteiger partial charge in [-0.25, -0.2) is 0 Å². The van der Waals surface area contributed by atoms with Gasteiger partial charge in [-0.2, -0.15) is 13.2 Å². The van der Waals surface area contributed by atoms with E-state index < -0.39 is 12.1 Å². The van der Waals surface area contributed by atoms with E-state index in [2.05, 4.69) is 0 Å². The van der Waals surface area contributed by atoms with E-state index in [0.717, 1.165) is 0 Å². The molecule has 0 aromatic rings. The highest BCUT2D eigenvalue weighted by Crippen LogP contribution is 2.13. The SMILES string of the molecule is CCC(CNC(=O)C(F)(F)F)OC. The molecule has 0 aliphatic carbocycles. The Kier molecular flexibility index (Phi) is 4.76. The summed E-state index contributed by atoms with van der Waals surface area (Å²) in [5.41, 5.74) is 0. The summed E-state index contributed by atoms with van der Waals surface area (Å²) in [7, 11) is 1.38. The Morgan fingerprint density at radius 2 is 2.08 bits per heavy atom. The van der Waals surface area contributed by atoms with Crippen LogP contribution < -0.4 is 5.32 Å². The first-order valence-electron chi connectivity index (χ1n) is 3.79. The van der Waals surface area contributed by atoms with Gasteiger partial charge in [-0.05, 0) is 6.42 Å². The zero-order valence-electron chi connectivity index (χ0n) is 7.44. The predicted molar refractivity (Wildman–Crippen MR) is 40.2 cm³/mol. The Labute approximate surface area is 74.3 Å². The number of carbonyl (C=O) groups is 1. The fourth-order valence-corrected chi connectivity index (χ4v) is 0.701. The Morgan fingerprint density at radius 3 is 2.38 bits per heavy atom. The number of nitrogens with one attached hydrogen (secondary N) is 1. The summed E-state index contributed by atoms with van der Waals surface area (Å²) in [5.74, 6) is -1.93. The van der Waals surface area contributed by atoms with Crippen molar-refractivity contribution in [2.75, 3.05) is 13.7 Å². The molecule has 0 rings (SSSR count). The second kappa shape index (κ2) is 5.06. The highest BCUT2D eigenvalue weighted by atomic mass is 19.4. The van der Waals surface area contributed by atoms with Crippen molar-refractivity contribution in [3.05, 3.63) is 0 Å². The first-order valence-corrected chi connectivity index (χ1v) is 3.79. The lowest BCUT2D eigenvalue weighted by Gasteiger charge is -2.14. The molecule has 0 saturated heterocycles. The molecule has 0 spiro atoms. The van der Waals surface area contributed by atoms with E-state index >= 15 is 0 Å². The number of hydrogen-bond acceptors (Lipinski definition) is 2. The zero-order chi connectivity index (χ0) is 10.5. The molecule has 1 atom stereocenters. The van der Waals surface area contributed by atoms with Gasteiger partial charge in [0.1, 0.15) is 0 Å². The van der Waals surface area contributed by atoms with Crippen molar-refractivity contribution in [3.63, 3.8) is 0 Å². The molecule has 0 aliphatic rings. The van der Waals surface area contributed by atoms with Crippen molar-refractivity contribution in [3.8, 4) is 0 Å². The van der Waals surface area contributed by atoms with Crippen molar-refractivity contribution in [2.24, 2.45) is 0 Å². The molecular formula is C7H12F3NO2. The van der Waals surface area contributed by atoms with Gasteiger partial charge >= 0.3 is 12.1 Å². The first kappa shape index (κ1) is 12.2. The molecule has 1 amide bonds. The maximum absolute atomic E-state index is 11.7. The molecule has 0 aromatic heterocycles. The van der Waals surface area contributed by atoms with Gasteiger partial charge in [-0.3, -0.25) is 4.79 Å². The van der Waals surface area contributed by atoms with Crippen molar-refractivity contribution in [2.45, 2.75) is 25.6 Å². The normalized spacial score (nSPS) is 13.9. The third-order valence-electron chi connectivity index (χ3n) is 1.54. The highest BCUT2D eigenvalue weighted by molar-refractivity contribution is 5.81. The summed E-state index contributed by atoms with van der Waals surface area (Å²) in [4.78, 5) is 10.3. The fourth-order valence-electron chi connectivity index (χ4n) is 0.701. The maximum atomic E-state index is 11.7. The minimum atomic E-state index is -4.81. The Balaban J connectivity index is 3.82. The molecule has 1 N–H and O–H groups in total. The number of amides is 1. The van der Waals surface area contributed by atoms with Crippen LogP contribution in [0.25, 0.3) is 0 Å². The summed E-state index contributed by atoms with van der Waals surface area (Å²) in [5, 5.41) is 1.74. The second-order valence-corrected chi connectivity index (χ2v) is 2.47. The van der Waals surface area contributed by atoms with Crippen LogP contribution in [0.4, 0.5) is 13.2 Å². The molecule has 0 fully saturated rings. The number of ether oxygens (including phenoxy) is 1. The van der Waals surface area contributed by atoms with E-state index in [4.69, 9.17) is 4.74 Å². The van der Waals surface area contributed by atoms with E-state index in [1.165, 1.54) is 7.11 Å². The average molecular weight is 199 g/mol. The van der Waals surface area contributed by atoms with Crippen molar-refractivity contribution < 1.29 is 22.7 Å². The third-order valence-corrected chi connectivity index (χ3v) is 1.54. The van der Waals surface area contributed by atoms with Crippen LogP contribution in [0.5, 0.6) is 0 Å². The highest BCUT2D eigenvalue weighted by Gasteiger charge is 2.38. The molecule has 0 bridgehead atoms. The van der Waals surface area contributed by atoms with E-state index in [-0.39, 0.29) is 12.6 Å². The van der Waals surface area contributed by atoms with Gasteiger partial charge in [0, 0.05) is 13.7 Å². The van der Waals surface area contributed by atoms with Crippen molar-refractivity contribution >= 4 is 5.91 Å². The van der Waals surface area contributed by atoms with Crippen LogP contribution in [-0.4, -0.2) is 31.8 Å². The molecule has 0 aliphatic heterocycles. The molecule has 1 unspecified atom stereocenters. The minimum absolute atomic E-state index is 0.120. The summed E-state index contributed by atoms with van der Waals surface area (Å²) in [6, 6.07) is 0. The van der Waals surface area contributed by atoms with Crippen LogP contribution in [0.2, 0.25) is 0 Å². The molecular weight excluding hydrogens is 187 g/mol. The van der Waals surface area contributed by atoms with E-state index in [1.54, 1.807) is 12.2 Å². The van der Waals surface area contributed by atoms with Crippen LogP contribution in [0.3, 0.4) is 0 Å². The van der Waals surface area contributed by atoms with Crippen LogP contribution >= 0.6 is 0 Å². The lowest BCUT2D eigenvalue weighted by molar-refractivity contribution is -0.174. The van der Waals surface area contributed by atoms with Gasteiger partial charge < -0.3 is 10.1 Å². The van der Waals surface area contributed by atoms with Crippen LogP contribution in [-0.2, 0) is 9.53 Å². The minimum Gasteiger partial charge on any atom is -0.380 e. The molecule has 0 aromatic carbocycles. The van der Waals surface area contributed by atoms with Gasteiger partial charge in [-0.1, -0.05) is 6.92 Å². The predicted octanol–water partition coefficient (Wildman–Crippen LogP) is 1.09. The second-order valence-electron chi connectivity index (χ2n) is 2.47. The number of carbonyl (C=O) groups excluding carboxylic acids is 1. The summed E-state index contributed by atoms with van der Waals surface area (Å²) >= 11 is 0. The third kappa shape index (κ3) is 4.72. The summed E-state index contributed by atoms with van der Waals surface area (Å²) in [6.07, 6.45) is -4.63. The summed E-state index contributed by atoms with van der Waals surface area (Å²) < 4.78 is 39.7. The van der Waals surface area contributed by atoms with E-state index in [1.807, 2.05) is 0 Å². The standard InChI is InChI=1S/C7H12F3NO2/c1-3-5(13-2)4-11-6(12)7(8,9)10/h5H,3-4H2,1-2H3,(H,11,12). The molecule has 6 heteroatoms. The molecule has 0 radical (unpaired) electrons. The quantitative estimate of drug-likeness (QED) is 0.736. The van der Waals surface area contributed by atoms with Crippen LogP contribution in [0.1, 0.15) is 13.3 Å². The van der Waals surface area contributed by atoms with Gasteiger partial charge in [-0.15, -0.1) is 0 Å². The van der Waals surface area contributed by atoms with Crippen molar-refractivity contribution in [1.29, 1.82) is 0 Å². The Morgan fingerprint density at radius 1 is 1.54 bits per heavy atom. The number of alkyl halides is 3. The fraction of sp³-hybridized carbons (Fsp3) is 0.857. The molecule has 13 heavy (non-hydrogen) atoms. The lowest BCUT2D eigenvalue weighted by Crippen LogP contribution is -2.41. The topological polar surface area (TPSA) is 38.3 Å². The van der Waals surface area contributed by atoms with Crippen LogP contribution in [0.15, 0.2) is 0 Å². The first-order chi connectivity index (χ1) is 5.91. The Bertz CT molecular complexity index is 166. The number of halogens is 3. The van der Waals surface area contributed by atoms with Gasteiger partial charge in [0.2, 0.25) is 0 Å². The summed E-state index contributed by atoms with van der Waals surface area (Å²) in [6.45, 7) is 1.64. The molecule has 0 saturated carbocycles. The zero-order valence-corrected chi connectivity index (χ0v) is 7.44. The van der Waals surface area contributed by atoms with Gasteiger partial charge in [0.25, 0.3) is 0 Å². The largest absolute Gasteiger partial charge is 0.471 e.